The standard InChI is InChI=1S/C19H26FN3O5/c1-3-14-11-23(19(26)28-14)13-4-5-16(15(20)10-13)21-6-8-22(9-7-21)18(25)17(24)12-27-2/h4-5,10,14,17,24H,3,6-9,11-12H2,1-2H3/t14-,17?/m0/s1. The summed E-state index contributed by atoms with van der Waals surface area (Å²) in [5.74, 6) is -0.806. The lowest BCUT2D eigenvalue weighted by Crippen LogP contribution is -2.52. The maximum absolute atomic E-state index is 14.7. The van der Waals surface area contributed by atoms with Crippen molar-refractivity contribution in [3.8, 4) is 0 Å². The molecule has 2 aliphatic heterocycles. The zero-order chi connectivity index (χ0) is 20.3. The number of piperazine rings is 1. The van der Waals surface area contributed by atoms with Gasteiger partial charge >= 0.3 is 6.09 Å². The molecule has 9 heteroatoms. The highest BCUT2D eigenvalue weighted by Gasteiger charge is 2.32. The Bertz CT molecular complexity index is 724. The number of amides is 2. The van der Waals surface area contributed by atoms with Crippen molar-refractivity contribution in [2.24, 2.45) is 0 Å². The van der Waals surface area contributed by atoms with Crippen LogP contribution in [0.2, 0.25) is 0 Å². The number of methoxy groups -OCH3 is 1. The van der Waals surface area contributed by atoms with Gasteiger partial charge < -0.3 is 24.4 Å². The van der Waals surface area contributed by atoms with E-state index < -0.39 is 18.0 Å². The van der Waals surface area contributed by atoms with E-state index in [1.165, 1.54) is 18.1 Å². The van der Waals surface area contributed by atoms with Gasteiger partial charge in [0.25, 0.3) is 5.91 Å². The molecule has 8 nitrogen and oxygen atoms in total. The average molecular weight is 395 g/mol. The highest BCUT2D eigenvalue weighted by molar-refractivity contribution is 5.90. The number of hydrogen-bond donors (Lipinski definition) is 1. The predicted molar refractivity (Wildman–Crippen MR) is 101 cm³/mol. The van der Waals surface area contributed by atoms with Crippen molar-refractivity contribution < 1.29 is 28.6 Å². The summed E-state index contributed by atoms with van der Waals surface area (Å²) in [6.07, 6.45) is -1.10. The molecule has 2 atom stereocenters. The summed E-state index contributed by atoms with van der Waals surface area (Å²) in [4.78, 5) is 28.9. The number of aliphatic hydroxyl groups is 1. The van der Waals surface area contributed by atoms with Crippen molar-refractivity contribution in [1.29, 1.82) is 0 Å². The first-order valence-electron chi connectivity index (χ1n) is 9.43. The summed E-state index contributed by atoms with van der Waals surface area (Å²) in [6.45, 7) is 3.97. The van der Waals surface area contributed by atoms with E-state index in [1.54, 1.807) is 17.0 Å². The highest BCUT2D eigenvalue weighted by atomic mass is 19.1. The van der Waals surface area contributed by atoms with Crippen LogP contribution in [-0.4, -0.2) is 80.7 Å². The van der Waals surface area contributed by atoms with E-state index in [0.717, 1.165) is 0 Å². The van der Waals surface area contributed by atoms with Gasteiger partial charge in [0.05, 0.1) is 24.5 Å². The fraction of sp³-hybridized carbons (Fsp3) is 0.579. The summed E-state index contributed by atoms with van der Waals surface area (Å²) in [5.41, 5.74) is 0.895. The van der Waals surface area contributed by atoms with E-state index in [1.807, 2.05) is 11.8 Å². The molecule has 2 heterocycles. The van der Waals surface area contributed by atoms with Gasteiger partial charge in [-0.25, -0.2) is 9.18 Å². The number of hydrogen-bond acceptors (Lipinski definition) is 6. The van der Waals surface area contributed by atoms with E-state index in [2.05, 4.69) is 0 Å². The van der Waals surface area contributed by atoms with Crippen LogP contribution in [0.5, 0.6) is 0 Å². The fourth-order valence-electron chi connectivity index (χ4n) is 3.47. The number of benzene rings is 1. The third-order valence-electron chi connectivity index (χ3n) is 5.11. The smallest absolute Gasteiger partial charge is 0.414 e. The van der Waals surface area contributed by atoms with E-state index in [0.29, 0.717) is 50.5 Å². The fourth-order valence-corrected chi connectivity index (χ4v) is 3.47. The zero-order valence-electron chi connectivity index (χ0n) is 16.1. The number of halogens is 1. The van der Waals surface area contributed by atoms with Crippen LogP contribution in [0.1, 0.15) is 13.3 Å². The molecule has 1 N–H and O–H groups in total. The number of ether oxygens (including phenoxy) is 2. The van der Waals surface area contributed by atoms with Gasteiger partial charge in [-0.1, -0.05) is 6.92 Å². The van der Waals surface area contributed by atoms with Crippen LogP contribution in [0.25, 0.3) is 0 Å². The minimum atomic E-state index is -1.18. The van der Waals surface area contributed by atoms with Crippen molar-refractivity contribution in [3.63, 3.8) is 0 Å². The Labute approximate surface area is 163 Å². The van der Waals surface area contributed by atoms with E-state index in [4.69, 9.17) is 9.47 Å². The van der Waals surface area contributed by atoms with Crippen LogP contribution in [0, 0.1) is 5.82 Å². The summed E-state index contributed by atoms with van der Waals surface area (Å²) >= 11 is 0. The lowest BCUT2D eigenvalue weighted by Gasteiger charge is -2.37. The first-order chi connectivity index (χ1) is 13.4. The third kappa shape index (κ3) is 4.20. The molecule has 0 aromatic heterocycles. The topological polar surface area (TPSA) is 82.5 Å². The highest BCUT2D eigenvalue weighted by Crippen LogP contribution is 2.29. The van der Waals surface area contributed by atoms with Crippen LogP contribution >= 0.6 is 0 Å². The number of carbonyl (C=O) groups is 2. The monoisotopic (exact) mass is 395 g/mol. The first kappa shape index (κ1) is 20.3. The molecule has 28 heavy (non-hydrogen) atoms. The molecule has 2 aliphatic rings. The Kier molecular flexibility index (Phi) is 6.35. The van der Waals surface area contributed by atoms with Crippen molar-refractivity contribution in [3.05, 3.63) is 24.0 Å². The minimum Gasteiger partial charge on any atom is -0.444 e. The SMILES string of the molecule is CC[C@H]1CN(c2ccc(N3CCN(C(=O)C(O)COC)CC3)c(F)c2)C(=O)O1. The van der Waals surface area contributed by atoms with Gasteiger partial charge in [-0.2, -0.15) is 0 Å². The van der Waals surface area contributed by atoms with Gasteiger partial charge in [-0.05, 0) is 24.6 Å². The van der Waals surface area contributed by atoms with Crippen LogP contribution in [0.4, 0.5) is 20.6 Å². The maximum Gasteiger partial charge on any atom is 0.414 e. The van der Waals surface area contributed by atoms with Gasteiger partial charge in [0.15, 0.2) is 6.10 Å². The van der Waals surface area contributed by atoms with E-state index in [9.17, 15) is 19.1 Å². The summed E-state index contributed by atoms with van der Waals surface area (Å²) in [5, 5.41) is 9.76. The molecule has 0 aliphatic carbocycles. The lowest BCUT2D eigenvalue weighted by molar-refractivity contribution is -0.143. The minimum absolute atomic E-state index is 0.0487. The van der Waals surface area contributed by atoms with Crippen LogP contribution in [-0.2, 0) is 14.3 Å². The zero-order valence-corrected chi connectivity index (χ0v) is 16.1. The second-order valence-corrected chi connectivity index (χ2v) is 6.94. The molecule has 0 spiro atoms. The quantitative estimate of drug-likeness (QED) is 0.780. The second-order valence-electron chi connectivity index (χ2n) is 6.94. The van der Waals surface area contributed by atoms with Gasteiger partial charge in [-0.3, -0.25) is 9.69 Å². The predicted octanol–water partition coefficient (Wildman–Crippen LogP) is 1.22. The molecule has 154 valence electrons. The number of carbonyl (C=O) groups excluding carboxylic acids is 2. The second kappa shape index (κ2) is 8.74. The Morgan fingerprint density at radius 1 is 1.36 bits per heavy atom. The molecule has 2 fully saturated rings. The Balaban J connectivity index is 1.63. The molecular formula is C19H26FN3O5. The van der Waals surface area contributed by atoms with Gasteiger partial charge in [0.2, 0.25) is 0 Å². The van der Waals surface area contributed by atoms with E-state index >= 15 is 0 Å². The number of aliphatic hydroxyl groups excluding tert-OH is 1. The van der Waals surface area contributed by atoms with Crippen molar-refractivity contribution in [2.45, 2.75) is 25.6 Å². The summed E-state index contributed by atoms with van der Waals surface area (Å²) in [6, 6.07) is 4.69. The van der Waals surface area contributed by atoms with E-state index in [-0.39, 0.29) is 18.6 Å². The van der Waals surface area contributed by atoms with Crippen LogP contribution in [0.15, 0.2) is 18.2 Å². The molecule has 0 saturated carbocycles. The third-order valence-corrected chi connectivity index (χ3v) is 5.11. The van der Waals surface area contributed by atoms with Crippen LogP contribution in [0.3, 0.4) is 0 Å². The van der Waals surface area contributed by atoms with Crippen LogP contribution < -0.4 is 9.80 Å². The molecular weight excluding hydrogens is 369 g/mol. The maximum atomic E-state index is 14.7. The largest absolute Gasteiger partial charge is 0.444 e. The molecule has 2 amide bonds. The Morgan fingerprint density at radius 2 is 2.07 bits per heavy atom. The van der Waals surface area contributed by atoms with Crippen molar-refractivity contribution in [2.75, 3.05) is 56.2 Å². The molecule has 1 aromatic rings. The Hall–Kier alpha value is -2.39. The van der Waals surface area contributed by atoms with Gasteiger partial charge in [0, 0.05) is 33.3 Å². The van der Waals surface area contributed by atoms with Gasteiger partial charge in [-0.15, -0.1) is 0 Å². The molecule has 0 radical (unpaired) electrons. The number of cyclic esters (lactones) is 1. The van der Waals surface area contributed by atoms with Crippen molar-refractivity contribution >= 4 is 23.4 Å². The number of rotatable bonds is 6. The number of nitrogens with zero attached hydrogens (tertiary/aromatic N) is 3. The molecule has 1 aromatic carbocycles. The molecule has 0 bridgehead atoms. The average Bonchev–Trinajstić information content (AvgIpc) is 3.08. The van der Waals surface area contributed by atoms with Crippen molar-refractivity contribution in [1.82, 2.24) is 4.90 Å². The number of anilines is 2. The molecule has 1 unspecified atom stereocenters. The summed E-state index contributed by atoms with van der Waals surface area (Å²) < 4.78 is 24.7. The molecule has 2 saturated heterocycles. The van der Waals surface area contributed by atoms with Gasteiger partial charge in [0.1, 0.15) is 11.9 Å². The normalized spacial score (nSPS) is 21.1. The summed E-state index contributed by atoms with van der Waals surface area (Å²) in [7, 11) is 1.42. The lowest BCUT2D eigenvalue weighted by atomic mass is 10.2. The molecule has 3 rings (SSSR count). The Morgan fingerprint density at radius 3 is 2.64 bits per heavy atom. The first-order valence-corrected chi connectivity index (χ1v) is 9.43.